The molecule has 0 spiro atoms. The predicted octanol–water partition coefficient (Wildman–Crippen LogP) is 3.21. The summed E-state index contributed by atoms with van der Waals surface area (Å²) in [5.74, 6) is -3.26. The lowest BCUT2D eigenvalue weighted by Crippen LogP contribution is -2.16. The molecule has 0 aliphatic carbocycles. The first-order chi connectivity index (χ1) is 12.3. The van der Waals surface area contributed by atoms with Gasteiger partial charge in [-0.2, -0.15) is 0 Å². The molecule has 0 aliphatic heterocycles. The second kappa shape index (κ2) is 6.89. The highest BCUT2D eigenvalue weighted by Crippen LogP contribution is 2.27. The van der Waals surface area contributed by atoms with E-state index in [0.29, 0.717) is 29.4 Å². The Labute approximate surface area is 151 Å². The van der Waals surface area contributed by atoms with Gasteiger partial charge in [-0.1, -0.05) is 22.2 Å². The second-order valence-corrected chi connectivity index (χ2v) is 8.21. The van der Waals surface area contributed by atoms with Crippen LogP contribution in [0.4, 0.5) is 14.5 Å². The predicted molar refractivity (Wildman–Crippen MR) is 90.9 cm³/mol. The molecular weight excluding hydrogens is 384 g/mol. The summed E-state index contributed by atoms with van der Waals surface area (Å²) >= 11 is 0.477. The first-order valence-corrected chi connectivity index (χ1v) is 9.45. The van der Waals surface area contributed by atoms with Gasteiger partial charge in [0.25, 0.3) is 5.91 Å². The van der Waals surface area contributed by atoms with Crippen LogP contribution in [-0.2, 0) is 9.84 Å². The molecule has 6 nitrogen and oxygen atoms in total. The topological polar surface area (TPSA) is 89.0 Å². The summed E-state index contributed by atoms with van der Waals surface area (Å²) in [5, 5.41) is 6.09. The van der Waals surface area contributed by atoms with Crippen molar-refractivity contribution in [3.05, 3.63) is 65.4 Å². The molecule has 134 valence electrons. The van der Waals surface area contributed by atoms with Gasteiger partial charge in [0.15, 0.2) is 21.5 Å². The molecule has 3 rings (SSSR count). The molecular formula is C16H11F2N3O3S2. The minimum absolute atomic E-state index is 0.416. The van der Waals surface area contributed by atoms with Gasteiger partial charge in [0.2, 0.25) is 9.84 Å². The van der Waals surface area contributed by atoms with E-state index >= 15 is 0 Å². The zero-order valence-electron chi connectivity index (χ0n) is 13.2. The SMILES string of the molecule is Cc1ccc(NC(=O)c2nnsc2S(=O)(=O)c2ccc(F)c(F)c2)cc1. The van der Waals surface area contributed by atoms with Crippen LogP contribution in [0.25, 0.3) is 0 Å². The fraction of sp³-hybridized carbons (Fsp3) is 0.0625. The Hall–Kier alpha value is -2.72. The van der Waals surface area contributed by atoms with Crippen LogP contribution in [0, 0.1) is 18.6 Å². The standard InChI is InChI=1S/C16H11F2N3O3S2/c1-9-2-4-10(5-3-9)19-15(22)14-16(25-21-20-14)26(23,24)11-6-7-12(17)13(18)8-11/h2-8H,1H3,(H,19,22). The third kappa shape index (κ3) is 3.46. The lowest BCUT2D eigenvalue weighted by atomic mass is 10.2. The highest BCUT2D eigenvalue weighted by Gasteiger charge is 2.29. The van der Waals surface area contributed by atoms with Gasteiger partial charge in [0.05, 0.1) is 4.90 Å². The Bertz CT molecular complexity index is 1080. The number of aryl methyl sites for hydroxylation is 1. The molecule has 0 fully saturated rings. The van der Waals surface area contributed by atoms with Gasteiger partial charge in [-0.05, 0) is 37.3 Å². The number of rotatable bonds is 4. The van der Waals surface area contributed by atoms with Crippen LogP contribution in [0.15, 0.2) is 51.6 Å². The highest BCUT2D eigenvalue weighted by molar-refractivity contribution is 7.93. The van der Waals surface area contributed by atoms with E-state index in [0.717, 1.165) is 11.6 Å². The summed E-state index contributed by atoms with van der Waals surface area (Å²) in [7, 11) is -4.28. The van der Waals surface area contributed by atoms with Gasteiger partial charge >= 0.3 is 0 Å². The lowest BCUT2D eigenvalue weighted by molar-refractivity contribution is 0.101. The summed E-state index contributed by atoms with van der Waals surface area (Å²) < 4.78 is 54.8. The highest BCUT2D eigenvalue weighted by atomic mass is 32.2. The molecule has 1 amide bonds. The van der Waals surface area contributed by atoms with Crippen LogP contribution in [0.3, 0.4) is 0 Å². The zero-order valence-corrected chi connectivity index (χ0v) is 14.9. The maximum absolute atomic E-state index is 13.4. The van der Waals surface area contributed by atoms with Gasteiger partial charge in [-0.25, -0.2) is 17.2 Å². The smallest absolute Gasteiger partial charge is 0.278 e. The normalized spacial score (nSPS) is 11.3. The number of hydrogen-bond donors (Lipinski definition) is 1. The van der Waals surface area contributed by atoms with Crippen LogP contribution < -0.4 is 5.32 Å². The van der Waals surface area contributed by atoms with Crippen molar-refractivity contribution in [2.45, 2.75) is 16.0 Å². The van der Waals surface area contributed by atoms with E-state index in [1.165, 1.54) is 0 Å². The Kier molecular flexibility index (Phi) is 4.79. The van der Waals surface area contributed by atoms with Crippen molar-refractivity contribution in [1.82, 2.24) is 9.59 Å². The summed E-state index contributed by atoms with van der Waals surface area (Å²) in [5.41, 5.74) is 1.02. The van der Waals surface area contributed by atoms with Gasteiger partial charge in [0.1, 0.15) is 0 Å². The summed E-state index contributed by atoms with van der Waals surface area (Å²) in [6.07, 6.45) is 0. The van der Waals surface area contributed by atoms with Crippen LogP contribution in [0.5, 0.6) is 0 Å². The largest absolute Gasteiger partial charge is 0.321 e. The average molecular weight is 395 g/mol. The number of hydrogen-bond acceptors (Lipinski definition) is 6. The number of carbonyl (C=O) groups is 1. The molecule has 0 aliphatic rings. The summed E-state index contributed by atoms with van der Waals surface area (Å²) in [4.78, 5) is 11.9. The number of aromatic nitrogens is 2. The Morgan fingerprint density at radius 2 is 1.77 bits per heavy atom. The maximum Gasteiger partial charge on any atom is 0.278 e. The van der Waals surface area contributed by atoms with E-state index in [1.54, 1.807) is 24.3 Å². The first kappa shape index (κ1) is 18.1. The third-order valence-corrected chi connectivity index (χ3v) is 6.39. The van der Waals surface area contributed by atoms with E-state index in [1.807, 2.05) is 6.92 Å². The van der Waals surface area contributed by atoms with Gasteiger partial charge in [-0.15, -0.1) is 5.10 Å². The van der Waals surface area contributed by atoms with Crippen molar-refractivity contribution in [2.24, 2.45) is 0 Å². The number of halogens is 2. The summed E-state index contributed by atoms with van der Waals surface area (Å²) in [6, 6.07) is 9.00. The fourth-order valence-electron chi connectivity index (χ4n) is 2.08. The van der Waals surface area contributed by atoms with E-state index in [-0.39, 0.29) is 0 Å². The molecule has 3 aromatic rings. The van der Waals surface area contributed by atoms with Crippen LogP contribution in [-0.4, -0.2) is 23.9 Å². The van der Waals surface area contributed by atoms with Crippen LogP contribution in [0.1, 0.15) is 16.1 Å². The van der Waals surface area contributed by atoms with Crippen molar-refractivity contribution < 1.29 is 22.0 Å². The van der Waals surface area contributed by atoms with Crippen LogP contribution in [0.2, 0.25) is 0 Å². The number of nitrogens with one attached hydrogen (secondary N) is 1. The Morgan fingerprint density at radius 3 is 2.42 bits per heavy atom. The Morgan fingerprint density at radius 1 is 1.08 bits per heavy atom. The minimum Gasteiger partial charge on any atom is -0.321 e. The van der Waals surface area contributed by atoms with Crippen molar-refractivity contribution in [1.29, 1.82) is 0 Å². The molecule has 10 heteroatoms. The quantitative estimate of drug-likeness (QED) is 0.685. The lowest BCUT2D eigenvalue weighted by Gasteiger charge is -2.06. The molecule has 2 aromatic carbocycles. The van der Waals surface area contributed by atoms with Crippen LogP contribution >= 0.6 is 11.5 Å². The van der Waals surface area contributed by atoms with Crippen molar-refractivity contribution in [3.8, 4) is 0 Å². The molecule has 1 heterocycles. The van der Waals surface area contributed by atoms with E-state index in [2.05, 4.69) is 14.9 Å². The monoisotopic (exact) mass is 395 g/mol. The number of carbonyl (C=O) groups excluding carboxylic acids is 1. The molecule has 0 saturated carbocycles. The minimum atomic E-state index is -4.28. The molecule has 0 atom stereocenters. The molecule has 1 aromatic heterocycles. The van der Waals surface area contributed by atoms with Gasteiger partial charge in [0, 0.05) is 17.2 Å². The van der Waals surface area contributed by atoms with Crippen molar-refractivity contribution >= 4 is 33.0 Å². The average Bonchev–Trinajstić information content (AvgIpc) is 3.10. The third-order valence-electron chi connectivity index (χ3n) is 3.43. The molecule has 0 saturated heterocycles. The fourth-order valence-corrected chi connectivity index (χ4v) is 4.38. The maximum atomic E-state index is 13.4. The number of nitrogens with zero attached hydrogens (tertiary/aromatic N) is 2. The van der Waals surface area contributed by atoms with E-state index < -0.39 is 42.2 Å². The Balaban J connectivity index is 1.95. The van der Waals surface area contributed by atoms with Crippen molar-refractivity contribution in [3.63, 3.8) is 0 Å². The van der Waals surface area contributed by atoms with Gasteiger partial charge < -0.3 is 5.32 Å². The van der Waals surface area contributed by atoms with E-state index in [9.17, 15) is 22.0 Å². The molecule has 0 bridgehead atoms. The molecule has 26 heavy (non-hydrogen) atoms. The molecule has 0 radical (unpaired) electrons. The van der Waals surface area contributed by atoms with Crippen molar-refractivity contribution in [2.75, 3.05) is 5.32 Å². The molecule has 0 unspecified atom stereocenters. The second-order valence-electron chi connectivity index (χ2n) is 5.31. The first-order valence-electron chi connectivity index (χ1n) is 7.19. The summed E-state index contributed by atoms with van der Waals surface area (Å²) in [6.45, 7) is 1.88. The molecule has 1 N–H and O–H groups in total. The number of sulfone groups is 1. The number of amides is 1. The number of benzene rings is 2. The zero-order chi connectivity index (χ0) is 18.9. The van der Waals surface area contributed by atoms with E-state index in [4.69, 9.17) is 0 Å². The number of anilines is 1. The van der Waals surface area contributed by atoms with Gasteiger partial charge in [-0.3, -0.25) is 4.79 Å².